The zero-order valence-corrected chi connectivity index (χ0v) is 19.9. The summed E-state index contributed by atoms with van der Waals surface area (Å²) in [7, 11) is 1.92. The number of rotatable bonds is 10. The van der Waals surface area contributed by atoms with Gasteiger partial charge in [0.2, 0.25) is 5.88 Å². The van der Waals surface area contributed by atoms with Gasteiger partial charge in [-0.15, -0.1) is 0 Å². The Bertz CT molecular complexity index is 1030. The molecule has 6 heteroatoms. The second kappa shape index (κ2) is 11.0. The van der Waals surface area contributed by atoms with Crippen LogP contribution in [0, 0.1) is 6.92 Å². The maximum absolute atomic E-state index is 10.5. The van der Waals surface area contributed by atoms with Crippen LogP contribution in [-0.2, 0) is 18.3 Å². The summed E-state index contributed by atoms with van der Waals surface area (Å²) in [4.78, 5) is 2.29. The van der Waals surface area contributed by atoms with E-state index in [9.17, 15) is 5.11 Å². The third-order valence-electron chi connectivity index (χ3n) is 6.15. The predicted molar refractivity (Wildman–Crippen MR) is 130 cm³/mol. The first-order valence-electron chi connectivity index (χ1n) is 11.9. The molecule has 2 atom stereocenters. The smallest absolute Gasteiger partial charge is 0.222 e. The lowest BCUT2D eigenvalue weighted by molar-refractivity contribution is 0.0452. The first-order chi connectivity index (χ1) is 16.0. The van der Waals surface area contributed by atoms with E-state index in [2.05, 4.69) is 30.0 Å². The van der Waals surface area contributed by atoms with Gasteiger partial charge in [0, 0.05) is 38.9 Å². The molecule has 1 aliphatic heterocycles. The van der Waals surface area contributed by atoms with Gasteiger partial charge in [0.15, 0.2) is 0 Å². The molecule has 1 fully saturated rings. The molecular weight excluding hydrogens is 414 g/mol. The average Bonchev–Trinajstić information content (AvgIpc) is 3.43. The highest BCUT2D eigenvalue weighted by molar-refractivity contribution is 5.65. The number of nitrogens with zero attached hydrogens (tertiary/aromatic N) is 3. The summed E-state index contributed by atoms with van der Waals surface area (Å²) in [6.07, 6.45) is 2.69. The molecule has 4 rings (SSSR count). The van der Waals surface area contributed by atoms with Gasteiger partial charge < -0.3 is 14.6 Å². The highest BCUT2D eigenvalue weighted by Gasteiger charge is 2.26. The number of aliphatic hydroxyl groups is 1. The van der Waals surface area contributed by atoms with E-state index in [-0.39, 0.29) is 12.2 Å². The molecular formula is C27H35N3O3. The fraction of sp³-hybridized carbons (Fsp3) is 0.444. The molecule has 1 saturated heterocycles. The summed E-state index contributed by atoms with van der Waals surface area (Å²) in [6, 6.07) is 18.3. The topological polar surface area (TPSA) is 59.8 Å². The Morgan fingerprint density at radius 2 is 2.03 bits per heavy atom. The monoisotopic (exact) mass is 449 g/mol. The zero-order valence-electron chi connectivity index (χ0n) is 19.9. The van der Waals surface area contributed by atoms with Crippen molar-refractivity contribution < 1.29 is 14.6 Å². The van der Waals surface area contributed by atoms with Crippen LogP contribution in [0.4, 0.5) is 0 Å². The third-order valence-corrected chi connectivity index (χ3v) is 6.15. The van der Waals surface area contributed by atoms with Crippen molar-refractivity contribution in [3.05, 3.63) is 65.7 Å². The van der Waals surface area contributed by atoms with Crippen molar-refractivity contribution in [3.8, 4) is 22.9 Å². The lowest BCUT2D eigenvalue weighted by Crippen LogP contribution is -2.37. The SMILES string of the molecule is CC[C@H](O)CN(Cc1c(-c2ccccc2)nn(C)c1Oc1cccc(C)c1)C[C@@H]1CCCO1. The number of aromatic nitrogens is 2. The van der Waals surface area contributed by atoms with E-state index in [4.69, 9.17) is 14.6 Å². The Morgan fingerprint density at radius 3 is 2.73 bits per heavy atom. The summed E-state index contributed by atoms with van der Waals surface area (Å²) in [5.41, 5.74) is 4.12. The van der Waals surface area contributed by atoms with E-state index in [1.807, 2.05) is 55.1 Å². The minimum Gasteiger partial charge on any atom is -0.439 e. The summed E-state index contributed by atoms with van der Waals surface area (Å²) in [5, 5.41) is 15.3. The minimum absolute atomic E-state index is 0.201. The molecule has 3 aromatic rings. The van der Waals surface area contributed by atoms with Gasteiger partial charge >= 0.3 is 0 Å². The number of aryl methyl sites for hydroxylation is 2. The number of hydrogen-bond donors (Lipinski definition) is 1. The lowest BCUT2D eigenvalue weighted by atomic mass is 10.1. The quantitative estimate of drug-likeness (QED) is 0.475. The number of benzene rings is 2. The molecule has 0 aliphatic carbocycles. The van der Waals surface area contributed by atoms with Gasteiger partial charge in [-0.25, -0.2) is 4.68 Å². The summed E-state index contributed by atoms with van der Waals surface area (Å²) < 4.78 is 14.1. The van der Waals surface area contributed by atoms with Crippen LogP contribution in [0.3, 0.4) is 0 Å². The molecule has 0 bridgehead atoms. The van der Waals surface area contributed by atoms with Gasteiger partial charge in [0.05, 0.1) is 17.8 Å². The molecule has 0 spiro atoms. The van der Waals surface area contributed by atoms with Crippen molar-refractivity contribution in [2.24, 2.45) is 7.05 Å². The van der Waals surface area contributed by atoms with Crippen LogP contribution in [-0.4, -0.2) is 51.7 Å². The summed E-state index contributed by atoms with van der Waals surface area (Å²) in [5.74, 6) is 1.51. The van der Waals surface area contributed by atoms with Gasteiger partial charge in [-0.3, -0.25) is 4.90 Å². The largest absolute Gasteiger partial charge is 0.439 e. The van der Waals surface area contributed by atoms with E-state index >= 15 is 0 Å². The maximum atomic E-state index is 10.5. The van der Waals surface area contributed by atoms with Crippen LogP contribution in [0.15, 0.2) is 54.6 Å². The molecule has 0 amide bonds. The molecule has 0 unspecified atom stereocenters. The second-order valence-corrected chi connectivity index (χ2v) is 8.93. The Balaban J connectivity index is 1.70. The normalized spacial score (nSPS) is 16.9. The molecule has 1 aliphatic rings. The molecule has 6 nitrogen and oxygen atoms in total. The van der Waals surface area contributed by atoms with Gasteiger partial charge in [-0.1, -0.05) is 49.4 Å². The molecule has 176 valence electrons. The Morgan fingerprint density at radius 1 is 1.21 bits per heavy atom. The second-order valence-electron chi connectivity index (χ2n) is 8.93. The van der Waals surface area contributed by atoms with Gasteiger partial charge in [-0.05, 0) is 43.9 Å². The van der Waals surface area contributed by atoms with Crippen molar-refractivity contribution in [2.45, 2.75) is 51.9 Å². The van der Waals surface area contributed by atoms with Crippen LogP contribution in [0.2, 0.25) is 0 Å². The lowest BCUT2D eigenvalue weighted by Gasteiger charge is -2.27. The van der Waals surface area contributed by atoms with E-state index in [0.717, 1.165) is 60.0 Å². The Hall–Kier alpha value is -2.67. The molecule has 1 N–H and O–H groups in total. The van der Waals surface area contributed by atoms with Crippen molar-refractivity contribution in [1.29, 1.82) is 0 Å². The first-order valence-corrected chi connectivity index (χ1v) is 11.9. The van der Waals surface area contributed by atoms with Crippen LogP contribution in [0.5, 0.6) is 11.6 Å². The van der Waals surface area contributed by atoms with Crippen LogP contribution in [0.1, 0.15) is 37.3 Å². The van der Waals surface area contributed by atoms with Crippen LogP contribution < -0.4 is 4.74 Å². The van der Waals surface area contributed by atoms with E-state index in [1.54, 1.807) is 0 Å². The Labute approximate surface area is 196 Å². The minimum atomic E-state index is -0.385. The van der Waals surface area contributed by atoms with E-state index < -0.39 is 0 Å². The highest BCUT2D eigenvalue weighted by Crippen LogP contribution is 2.34. The average molecular weight is 450 g/mol. The maximum Gasteiger partial charge on any atom is 0.222 e. The van der Waals surface area contributed by atoms with Crippen LogP contribution >= 0.6 is 0 Å². The Kier molecular flexibility index (Phi) is 7.81. The summed E-state index contributed by atoms with van der Waals surface area (Å²) >= 11 is 0. The molecule has 0 radical (unpaired) electrons. The number of ether oxygens (including phenoxy) is 2. The molecule has 2 heterocycles. The zero-order chi connectivity index (χ0) is 23.2. The van der Waals surface area contributed by atoms with Gasteiger partial charge in [-0.2, -0.15) is 5.10 Å². The molecule has 33 heavy (non-hydrogen) atoms. The fourth-order valence-electron chi connectivity index (χ4n) is 4.37. The standard InChI is InChI=1S/C27H35N3O3/c1-4-22(31)17-30(18-24-14-9-15-32-24)19-25-26(21-11-6-5-7-12-21)28-29(3)27(25)33-23-13-8-10-20(2)16-23/h5-8,10-13,16,22,24,31H,4,9,14-15,17-19H2,1-3H3/t22-,24-/m0/s1. The fourth-order valence-corrected chi connectivity index (χ4v) is 4.37. The van der Waals surface area contributed by atoms with Crippen molar-refractivity contribution >= 4 is 0 Å². The summed E-state index contributed by atoms with van der Waals surface area (Å²) in [6.45, 7) is 6.88. The van der Waals surface area contributed by atoms with Crippen LogP contribution in [0.25, 0.3) is 11.3 Å². The number of aliphatic hydroxyl groups excluding tert-OH is 1. The molecule has 1 aromatic heterocycles. The molecule has 0 saturated carbocycles. The van der Waals surface area contributed by atoms with Gasteiger partial charge in [0.25, 0.3) is 0 Å². The van der Waals surface area contributed by atoms with Gasteiger partial charge in [0.1, 0.15) is 11.4 Å². The predicted octanol–water partition coefficient (Wildman–Crippen LogP) is 4.94. The molecule has 2 aromatic carbocycles. The van der Waals surface area contributed by atoms with Crippen molar-refractivity contribution in [2.75, 3.05) is 19.7 Å². The first kappa shape index (κ1) is 23.5. The van der Waals surface area contributed by atoms with Crippen molar-refractivity contribution in [3.63, 3.8) is 0 Å². The third kappa shape index (κ3) is 6.02. The van der Waals surface area contributed by atoms with E-state index in [1.165, 1.54) is 0 Å². The van der Waals surface area contributed by atoms with Crippen molar-refractivity contribution in [1.82, 2.24) is 14.7 Å². The number of hydrogen-bond acceptors (Lipinski definition) is 5. The van der Waals surface area contributed by atoms with E-state index in [0.29, 0.717) is 19.5 Å². The highest BCUT2D eigenvalue weighted by atomic mass is 16.5.